The molecule has 2 N–H and O–H groups in total. The number of aromatic nitrogens is 1. The predicted octanol–water partition coefficient (Wildman–Crippen LogP) is 0.968. The summed E-state index contributed by atoms with van der Waals surface area (Å²) in [7, 11) is 0. The van der Waals surface area contributed by atoms with Crippen LogP contribution in [0.15, 0.2) is 12.3 Å². The molecule has 1 rings (SSSR count). The number of aromatic carboxylic acids is 1. The molecule has 9 heteroatoms. The van der Waals surface area contributed by atoms with Crippen LogP contribution in [0.1, 0.15) is 24.2 Å². The molecule has 0 fully saturated rings. The summed E-state index contributed by atoms with van der Waals surface area (Å²) in [4.78, 5) is 38.0. The number of hydrogen-bond donors (Lipinski definition) is 2. The van der Waals surface area contributed by atoms with Gasteiger partial charge in [-0.1, -0.05) is 0 Å². The molecule has 0 aliphatic rings. The van der Waals surface area contributed by atoms with Gasteiger partial charge >= 0.3 is 11.7 Å². The third-order valence-electron chi connectivity index (χ3n) is 2.83. The second-order valence-corrected chi connectivity index (χ2v) is 4.07. The standard InChI is InChI=1S/C12H16N4O5/c1-3-15(4-2)10(17)7-14-11-9(16(20)21)5-8(6-13-11)12(18)19/h5-6H,3-4,7H2,1-2H3,(H,13,14)(H,18,19). The molecule has 1 heterocycles. The van der Waals surface area contributed by atoms with Gasteiger partial charge in [0.25, 0.3) is 0 Å². The molecule has 0 atom stereocenters. The molecule has 0 radical (unpaired) electrons. The number of carbonyl (C=O) groups is 2. The number of rotatable bonds is 7. The zero-order chi connectivity index (χ0) is 16.0. The van der Waals surface area contributed by atoms with Crippen LogP contribution >= 0.6 is 0 Å². The SMILES string of the molecule is CCN(CC)C(=O)CNc1ncc(C(=O)O)cc1[N+](=O)[O-]. The van der Waals surface area contributed by atoms with E-state index in [0.717, 1.165) is 12.3 Å². The first-order valence-corrected chi connectivity index (χ1v) is 6.30. The lowest BCUT2D eigenvalue weighted by Crippen LogP contribution is -2.35. The van der Waals surface area contributed by atoms with E-state index in [4.69, 9.17) is 5.11 Å². The molecule has 21 heavy (non-hydrogen) atoms. The van der Waals surface area contributed by atoms with Crippen LogP contribution in [0.25, 0.3) is 0 Å². The highest BCUT2D eigenvalue weighted by molar-refractivity contribution is 5.89. The number of carboxylic acid groups (broad SMARTS) is 1. The second kappa shape index (κ2) is 7.17. The van der Waals surface area contributed by atoms with Crippen molar-refractivity contribution in [2.75, 3.05) is 25.0 Å². The minimum atomic E-state index is -1.31. The molecule has 0 spiro atoms. The van der Waals surface area contributed by atoms with E-state index < -0.39 is 16.6 Å². The summed E-state index contributed by atoms with van der Waals surface area (Å²) in [5.41, 5.74) is -0.774. The highest BCUT2D eigenvalue weighted by Gasteiger charge is 2.20. The van der Waals surface area contributed by atoms with Crippen molar-refractivity contribution in [2.24, 2.45) is 0 Å². The molecule has 114 valence electrons. The summed E-state index contributed by atoms with van der Waals surface area (Å²) >= 11 is 0. The first-order valence-electron chi connectivity index (χ1n) is 6.30. The smallest absolute Gasteiger partial charge is 0.337 e. The fourth-order valence-electron chi connectivity index (χ4n) is 1.69. The van der Waals surface area contributed by atoms with E-state index in [1.165, 1.54) is 0 Å². The van der Waals surface area contributed by atoms with Gasteiger partial charge in [-0.15, -0.1) is 0 Å². The first kappa shape index (κ1) is 16.3. The van der Waals surface area contributed by atoms with Crippen LogP contribution in [-0.4, -0.2) is 51.4 Å². The van der Waals surface area contributed by atoms with Crippen LogP contribution in [0.3, 0.4) is 0 Å². The van der Waals surface area contributed by atoms with Crippen molar-refractivity contribution in [3.05, 3.63) is 27.9 Å². The maximum atomic E-state index is 11.8. The van der Waals surface area contributed by atoms with Gasteiger partial charge in [0.1, 0.15) is 0 Å². The Bertz CT molecular complexity index is 557. The lowest BCUT2D eigenvalue weighted by molar-refractivity contribution is -0.384. The number of carbonyl (C=O) groups excluding carboxylic acids is 1. The molecule has 1 aromatic heterocycles. The Balaban J connectivity index is 2.91. The highest BCUT2D eigenvalue weighted by atomic mass is 16.6. The predicted molar refractivity (Wildman–Crippen MR) is 74.3 cm³/mol. The molecule has 1 aromatic rings. The Hall–Kier alpha value is -2.71. The van der Waals surface area contributed by atoms with Crippen molar-refractivity contribution >= 4 is 23.4 Å². The third-order valence-corrected chi connectivity index (χ3v) is 2.83. The van der Waals surface area contributed by atoms with Gasteiger partial charge in [0, 0.05) is 25.4 Å². The normalized spacial score (nSPS) is 10.0. The maximum Gasteiger partial charge on any atom is 0.337 e. The van der Waals surface area contributed by atoms with Gasteiger partial charge in [0.05, 0.1) is 17.0 Å². The summed E-state index contributed by atoms with van der Waals surface area (Å²) in [5, 5.41) is 22.3. The zero-order valence-electron chi connectivity index (χ0n) is 11.7. The van der Waals surface area contributed by atoms with Crippen LogP contribution in [0.4, 0.5) is 11.5 Å². The van der Waals surface area contributed by atoms with Gasteiger partial charge in [-0.2, -0.15) is 0 Å². The van der Waals surface area contributed by atoms with Crippen LogP contribution in [-0.2, 0) is 4.79 Å². The second-order valence-electron chi connectivity index (χ2n) is 4.07. The molecular formula is C12H16N4O5. The molecule has 0 aliphatic carbocycles. The summed E-state index contributed by atoms with van der Waals surface area (Å²) in [6, 6.07) is 0.902. The summed E-state index contributed by atoms with van der Waals surface area (Å²) in [5.74, 6) is -1.67. The summed E-state index contributed by atoms with van der Waals surface area (Å²) in [6.07, 6.45) is 1.000. The third kappa shape index (κ3) is 4.13. The first-order chi connectivity index (χ1) is 9.90. The van der Waals surface area contributed by atoms with E-state index in [2.05, 4.69) is 10.3 Å². The Morgan fingerprint density at radius 3 is 2.52 bits per heavy atom. The number of anilines is 1. The Morgan fingerprint density at radius 1 is 1.43 bits per heavy atom. The van der Waals surface area contributed by atoms with Crippen LogP contribution < -0.4 is 5.32 Å². The van der Waals surface area contributed by atoms with E-state index in [9.17, 15) is 19.7 Å². The topological polar surface area (TPSA) is 126 Å². The molecule has 0 saturated heterocycles. The quantitative estimate of drug-likeness (QED) is 0.567. The Labute approximate surface area is 120 Å². The summed E-state index contributed by atoms with van der Waals surface area (Å²) < 4.78 is 0. The Kier molecular flexibility index (Phi) is 5.58. The lowest BCUT2D eigenvalue weighted by Gasteiger charge is -2.18. The van der Waals surface area contributed by atoms with E-state index in [0.29, 0.717) is 13.1 Å². The molecule has 9 nitrogen and oxygen atoms in total. The van der Waals surface area contributed by atoms with Crippen LogP contribution in [0.5, 0.6) is 0 Å². The van der Waals surface area contributed by atoms with Crippen molar-refractivity contribution in [3.63, 3.8) is 0 Å². The molecule has 0 aromatic carbocycles. The van der Waals surface area contributed by atoms with E-state index in [-0.39, 0.29) is 23.8 Å². The maximum absolute atomic E-state index is 11.8. The van der Waals surface area contributed by atoms with Gasteiger partial charge in [0.2, 0.25) is 11.7 Å². The van der Waals surface area contributed by atoms with Crippen LogP contribution in [0.2, 0.25) is 0 Å². The van der Waals surface area contributed by atoms with Gasteiger partial charge in [-0.25, -0.2) is 9.78 Å². The molecule has 1 amide bonds. The number of nitrogens with one attached hydrogen (secondary N) is 1. The minimum Gasteiger partial charge on any atom is -0.478 e. The average Bonchev–Trinajstić information content (AvgIpc) is 2.45. The van der Waals surface area contributed by atoms with Gasteiger partial charge in [-0.05, 0) is 13.8 Å². The number of nitro groups is 1. The van der Waals surface area contributed by atoms with Gasteiger partial charge in [-0.3, -0.25) is 14.9 Å². The number of carboxylic acids is 1. The number of nitrogens with zero attached hydrogens (tertiary/aromatic N) is 3. The fourth-order valence-corrected chi connectivity index (χ4v) is 1.69. The monoisotopic (exact) mass is 296 g/mol. The molecule has 0 aliphatic heterocycles. The number of amides is 1. The fraction of sp³-hybridized carbons (Fsp3) is 0.417. The molecular weight excluding hydrogens is 280 g/mol. The largest absolute Gasteiger partial charge is 0.478 e. The van der Waals surface area contributed by atoms with Gasteiger partial charge in [0.15, 0.2) is 0 Å². The number of pyridine rings is 1. The van der Waals surface area contributed by atoms with Crippen LogP contribution in [0, 0.1) is 10.1 Å². The van der Waals surface area contributed by atoms with Gasteiger partial charge < -0.3 is 15.3 Å². The van der Waals surface area contributed by atoms with Crippen molar-refractivity contribution in [1.29, 1.82) is 0 Å². The number of likely N-dealkylation sites (N-methyl/N-ethyl adjacent to an activating group) is 1. The molecule has 0 saturated carbocycles. The average molecular weight is 296 g/mol. The van der Waals surface area contributed by atoms with E-state index in [1.807, 2.05) is 13.8 Å². The van der Waals surface area contributed by atoms with Crippen molar-refractivity contribution in [1.82, 2.24) is 9.88 Å². The molecule has 0 unspecified atom stereocenters. The molecule has 0 bridgehead atoms. The Morgan fingerprint density at radius 2 is 2.05 bits per heavy atom. The van der Waals surface area contributed by atoms with Crippen molar-refractivity contribution in [3.8, 4) is 0 Å². The zero-order valence-corrected chi connectivity index (χ0v) is 11.7. The highest BCUT2D eigenvalue weighted by Crippen LogP contribution is 2.22. The van der Waals surface area contributed by atoms with Crippen molar-refractivity contribution < 1.29 is 19.6 Å². The van der Waals surface area contributed by atoms with Crippen molar-refractivity contribution in [2.45, 2.75) is 13.8 Å². The minimum absolute atomic E-state index is 0.134. The number of hydrogen-bond acceptors (Lipinski definition) is 6. The summed E-state index contributed by atoms with van der Waals surface area (Å²) in [6.45, 7) is 4.56. The van der Waals surface area contributed by atoms with E-state index in [1.54, 1.807) is 4.90 Å². The lowest BCUT2D eigenvalue weighted by atomic mass is 10.2. The van der Waals surface area contributed by atoms with E-state index >= 15 is 0 Å².